The number of hydrogen-bond donors (Lipinski definition) is 2. The minimum Gasteiger partial charge on any atom is -0.380 e. The molecule has 0 bridgehead atoms. The van der Waals surface area contributed by atoms with Crippen LogP contribution in [0.25, 0.3) is 0 Å². The molecule has 0 radical (unpaired) electrons. The lowest BCUT2D eigenvalue weighted by molar-refractivity contribution is -0.385. The van der Waals surface area contributed by atoms with Gasteiger partial charge in [0, 0.05) is 19.2 Å². The average Bonchev–Trinajstić information content (AvgIpc) is 2.37. The fourth-order valence-corrected chi connectivity index (χ4v) is 1.50. The van der Waals surface area contributed by atoms with Crippen molar-refractivity contribution in [3.8, 4) is 0 Å². The van der Waals surface area contributed by atoms with E-state index in [-0.39, 0.29) is 5.69 Å². The Morgan fingerprint density at radius 2 is 2.21 bits per heavy atom. The second-order valence-corrected chi connectivity index (χ2v) is 3.78. The third-order valence-corrected chi connectivity index (χ3v) is 2.49. The first-order valence-corrected chi connectivity index (χ1v) is 5.92. The number of carbonyl (C=O) groups is 1. The zero-order valence-corrected chi connectivity index (χ0v) is 10.9. The van der Waals surface area contributed by atoms with E-state index in [1.165, 1.54) is 12.1 Å². The molecule has 1 aromatic carbocycles. The molecular weight excluding hydrogens is 250 g/mol. The minimum atomic E-state index is -0.479. The highest BCUT2D eigenvalue weighted by atomic mass is 16.6. The Morgan fingerprint density at radius 3 is 2.84 bits per heavy atom. The largest absolute Gasteiger partial charge is 0.380 e. The lowest BCUT2D eigenvalue weighted by Gasteiger charge is -2.09. The number of nitro groups is 1. The Labute approximate surface area is 111 Å². The molecular formula is C12H17N3O4. The number of nitrogens with zero attached hydrogens (tertiary/aromatic N) is 1. The first-order chi connectivity index (χ1) is 9.06. The SMILES string of the molecule is CCOCCNC(=O)Nc1cccc([N+](=O)[O-])c1C. The van der Waals surface area contributed by atoms with Gasteiger partial charge in [-0.3, -0.25) is 10.1 Å². The van der Waals surface area contributed by atoms with Crippen molar-refractivity contribution in [2.45, 2.75) is 13.8 Å². The Balaban J connectivity index is 2.59. The van der Waals surface area contributed by atoms with E-state index in [4.69, 9.17) is 4.74 Å². The highest BCUT2D eigenvalue weighted by Crippen LogP contribution is 2.24. The molecule has 0 aliphatic carbocycles. The molecule has 7 heteroatoms. The quantitative estimate of drug-likeness (QED) is 0.468. The predicted molar refractivity (Wildman–Crippen MR) is 71.3 cm³/mol. The number of carbonyl (C=O) groups excluding carboxylic acids is 1. The third kappa shape index (κ3) is 4.55. The molecule has 0 saturated carbocycles. The molecule has 1 rings (SSSR count). The predicted octanol–water partition coefficient (Wildman–Crippen LogP) is 2.06. The molecule has 0 aromatic heterocycles. The fraction of sp³-hybridized carbons (Fsp3) is 0.417. The van der Waals surface area contributed by atoms with Gasteiger partial charge in [-0.15, -0.1) is 0 Å². The third-order valence-electron chi connectivity index (χ3n) is 2.49. The number of nitro benzene ring substituents is 1. The first kappa shape index (κ1) is 14.9. The van der Waals surface area contributed by atoms with Crippen LogP contribution in [0, 0.1) is 17.0 Å². The van der Waals surface area contributed by atoms with Crippen molar-refractivity contribution in [1.29, 1.82) is 0 Å². The van der Waals surface area contributed by atoms with Crippen LogP contribution in [0.5, 0.6) is 0 Å². The summed E-state index contributed by atoms with van der Waals surface area (Å²) in [6.07, 6.45) is 0. The van der Waals surface area contributed by atoms with Crippen molar-refractivity contribution in [3.05, 3.63) is 33.9 Å². The van der Waals surface area contributed by atoms with Crippen LogP contribution in [0.3, 0.4) is 0 Å². The molecule has 7 nitrogen and oxygen atoms in total. The average molecular weight is 267 g/mol. The molecule has 19 heavy (non-hydrogen) atoms. The number of urea groups is 1. The second-order valence-electron chi connectivity index (χ2n) is 3.78. The summed E-state index contributed by atoms with van der Waals surface area (Å²) >= 11 is 0. The number of hydrogen-bond acceptors (Lipinski definition) is 4. The van der Waals surface area contributed by atoms with Gasteiger partial charge in [-0.05, 0) is 19.9 Å². The summed E-state index contributed by atoms with van der Waals surface area (Å²) in [4.78, 5) is 21.8. The maximum absolute atomic E-state index is 11.6. The number of benzene rings is 1. The van der Waals surface area contributed by atoms with Crippen molar-refractivity contribution in [2.75, 3.05) is 25.1 Å². The van der Waals surface area contributed by atoms with Crippen molar-refractivity contribution in [1.82, 2.24) is 5.32 Å². The molecule has 0 fully saturated rings. The standard InChI is InChI=1S/C12H17N3O4/c1-3-19-8-7-13-12(16)14-10-5-4-6-11(9(10)2)15(17)18/h4-6H,3,7-8H2,1-2H3,(H2,13,14,16). The molecule has 2 amide bonds. The Bertz CT molecular complexity index is 462. The number of ether oxygens (including phenoxy) is 1. The molecule has 2 N–H and O–H groups in total. The van der Waals surface area contributed by atoms with Gasteiger partial charge in [-0.2, -0.15) is 0 Å². The van der Waals surface area contributed by atoms with E-state index < -0.39 is 11.0 Å². The number of anilines is 1. The summed E-state index contributed by atoms with van der Waals surface area (Å²) in [7, 11) is 0. The van der Waals surface area contributed by atoms with Gasteiger partial charge < -0.3 is 15.4 Å². The summed E-state index contributed by atoms with van der Waals surface area (Å²) < 4.78 is 5.08. The smallest absolute Gasteiger partial charge is 0.319 e. The van der Waals surface area contributed by atoms with Crippen molar-refractivity contribution in [3.63, 3.8) is 0 Å². The zero-order valence-electron chi connectivity index (χ0n) is 10.9. The Kier molecular flexibility index (Phi) is 5.74. The van der Waals surface area contributed by atoms with Gasteiger partial charge >= 0.3 is 6.03 Å². The number of rotatable bonds is 6. The summed E-state index contributed by atoms with van der Waals surface area (Å²) in [5, 5.41) is 15.9. The summed E-state index contributed by atoms with van der Waals surface area (Å²) in [6, 6.07) is 4.13. The lowest BCUT2D eigenvalue weighted by Crippen LogP contribution is -2.31. The normalized spacial score (nSPS) is 10.0. The van der Waals surface area contributed by atoms with Gasteiger partial charge in [0.1, 0.15) is 0 Å². The topological polar surface area (TPSA) is 93.5 Å². The zero-order chi connectivity index (χ0) is 14.3. The second kappa shape index (κ2) is 7.32. The molecule has 1 aromatic rings. The lowest BCUT2D eigenvalue weighted by atomic mass is 10.1. The molecule has 0 aliphatic heterocycles. The maximum atomic E-state index is 11.6. The highest BCUT2D eigenvalue weighted by molar-refractivity contribution is 5.90. The van der Waals surface area contributed by atoms with Gasteiger partial charge in [0.25, 0.3) is 5.69 Å². The number of nitrogens with one attached hydrogen (secondary N) is 2. The molecule has 0 heterocycles. The van der Waals surface area contributed by atoms with E-state index in [1.807, 2.05) is 6.92 Å². The first-order valence-electron chi connectivity index (χ1n) is 5.92. The molecule has 0 saturated heterocycles. The minimum absolute atomic E-state index is 0.0212. The van der Waals surface area contributed by atoms with Crippen LogP contribution in [0.4, 0.5) is 16.2 Å². The van der Waals surface area contributed by atoms with E-state index in [0.29, 0.717) is 31.0 Å². The van der Waals surface area contributed by atoms with Crippen LogP contribution in [-0.2, 0) is 4.74 Å². The van der Waals surface area contributed by atoms with E-state index in [2.05, 4.69) is 10.6 Å². The monoisotopic (exact) mass is 267 g/mol. The van der Waals surface area contributed by atoms with Crippen LogP contribution in [0.15, 0.2) is 18.2 Å². The van der Waals surface area contributed by atoms with Crippen LogP contribution in [0.1, 0.15) is 12.5 Å². The van der Waals surface area contributed by atoms with E-state index in [0.717, 1.165) is 0 Å². The van der Waals surface area contributed by atoms with Crippen LogP contribution in [0.2, 0.25) is 0 Å². The van der Waals surface area contributed by atoms with Gasteiger partial charge in [0.15, 0.2) is 0 Å². The molecule has 0 spiro atoms. The summed E-state index contributed by atoms with van der Waals surface area (Å²) in [5.41, 5.74) is 0.822. The van der Waals surface area contributed by atoms with E-state index >= 15 is 0 Å². The molecule has 0 atom stereocenters. The van der Waals surface area contributed by atoms with Gasteiger partial charge in [-0.1, -0.05) is 6.07 Å². The van der Waals surface area contributed by atoms with Gasteiger partial charge in [0.2, 0.25) is 0 Å². The molecule has 0 aliphatic rings. The molecule has 0 unspecified atom stereocenters. The van der Waals surface area contributed by atoms with Gasteiger partial charge in [0.05, 0.1) is 22.8 Å². The molecule has 104 valence electrons. The van der Waals surface area contributed by atoms with Crippen LogP contribution >= 0.6 is 0 Å². The Hall–Kier alpha value is -2.15. The van der Waals surface area contributed by atoms with Crippen molar-refractivity contribution in [2.24, 2.45) is 0 Å². The van der Waals surface area contributed by atoms with Gasteiger partial charge in [-0.25, -0.2) is 4.79 Å². The maximum Gasteiger partial charge on any atom is 0.319 e. The van der Waals surface area contributed by atoms with E-state index in [1.54, 1.807) is 13.0 Å². The van der Waals surface area contributed by atoms with E-state index in [9.17, 15) is 14.9 Å². The summed E-state index contributed by atoms with van der Waals surface area (Å²) in [6.45, 7) is 4.86. The van der Waals surface area contributed by atoms with Crippen molar-refractivity contribution < 1.29 is 14.5 Å². The van der Waals surface area contributed by atoms with Crippen LogP contribution in [-0.4, -0.2) is 30.7 Å². The number of amides is 2. The Morgan fingerprint density at radius 1 is 1.47 bits per heavy atom. The van der Waals surface area contributed by atoms with Crippen molar-refractivity contribution >= 4 is 17.4 Å². The fourth-order valence-electron chi connectivity index (χ4n) is 1.50. The highest BCUT2D eigenvalue weighted by Gasteiger charge is 2.14. The van der Waals surface area contributed by atoms with Crippen LogP contribution < -0.4 is 10.6 Å². The summed E-state index contributed by atoms with van der Waals surface area (Å²) in [5.74, 6) is 0.